The molecule has 4 atom stereocenters. The quantitative estimate of drug-likeness (QED) is 0.592. The Hall–Kier alpha value is -1.93. The number of ether oxygens (including phenoxy) is 1. The van der Waals surface area contributed by atoms with Gasteiger partial charge in [0.2, 0.25) is 11.3 Å². The van der Waals surface area contributed by atoms with Gasteiger partial charge >= 0.3 is 0 Å². The van der Waals surface area contributed by atoms with E-state index >= 15 is 0 Å². The fraction of sp³-hybridized carbons (Fsp3) is 0.478. The third-order valence-electron chi connectivity index (χ3n) is 6.79. The largest absolute Gasteiger partial charge is 0.492 e. The van der Waals surface area contributed by atoms with Crippen LogP contribution in [0.5, 0.6) is 5.75 Å². The van der Waals surface area contributed by atoms with Crippen molar-refractivity contribution in [3.8, 4) is 5.75 Å². The van der Waals surface area contributed by atoms with Gasteiger partial charge in [0.1, 0.15) is 12.4 Å². The van der Waals surface area contributed by atoms with Crippen LogP contribution >= 0.6 is 0 Å². The summed E-state index contributed by atoms with van der Waals surface area (Å²) in [5, 5.41) is 0. The first-order valence-corrected chi connectivity index (χ1v) is 11.9. The fourth-order valence-electron chi connectivity index (χ4n) is 4.92. The molecule has 0 radical (unpaired) electrons. The lowest BCUT2D eigenvalue weighted by atomic mass is 9.83. The molecular weight excluding hydrogens is 398 g/mol. The highest BCUT2D eigenvalue weighted by molar-refractivity contribution is 7.77. The molecule has 4 unspecified atom stereocenters. The summed E-state index contributed by atoms with van der Waals surface area (Å²) in [4.78, 5) is 2.35. The van der Waals surface area contributed by atoms with E-state index in [1.165, 1.54) is 16.8 Å². The topological polar surface area (TPSA) is 87.8 Å². The molecule has 0 bridgehead atoms. The average molecular weight is 428 g/mol. The minimum Gasteiger partial charge on any atom is -0.492 e. The first-order chi connectivity index (χ1) is 14.6. The molecule has 2 aliphatic heterocycles. The molecule has 6 nitrogen and oxygen atoms in total. The summed E-state index contributed by atoms with van der Waals surface area (Å²) in [7, 11) is 0. The lowest BCUT2D eigenvalue weighted by molar-refractivity contribution is 0.238. The number of nitrogens with zero attached hydrogens (tertiary/aromatic N) is 1. The minimum atomic E-state index is -1.95. The molecule has 0 aromatic heterocycles. The number of nitrogens with two attached hydrogens (primary N) is 1. The number of anilines is 1. The molecule has 3 aliphatic rings. The van der Waals surface area contributed by atoms with Gasteiger partial charge in [-0.3, -0.25) is 4.55 Å². The highest BCUT2D eigenvalue weighted by atomic mass is 32.2. The van der Waals surface area contributed by atoms with Gasteiger partial charge in [0.05, 0.1) is 0 Å². The second-order valence-electron chi connectivity index (χ2n) is 8.89. The predicted molar refractivity (Wildman–Crippen MR) is 119 cm³/mol. The van der Waals surface area contributed by atoms with Crippen molar-refractivity contribution in [3.63, 3.8) is 0 Å². The van der Waals surface area contributed by atoms with Gasteiger partial charge in [-0.05, 0) is 48.9 Å². The Morgan fingerprint density at radius 3 is 2.63 bits per heavy atom. The second kappa shape index (κ2) is 8.30. The Bertz CT molecular complexity index is 915. The van der Waals surface area contributed by atoms with Crippen molar-refractivity contribution in [2.24, 2.45) is 17.6 Å². The summed E-state index contributed by atoms with van der Waals surface area (Å²) in [5.74, 6) is 2.11. The van der Waals surface area contributed by atoms with Gasteiger partial charge in [-0.25, -0.2) is 8.93 Å². The van der Waals surface area contributed by atoms with Crippen LogP contribution in [0.4, 0.5) is 5.69 Å². The Balaban J connectivity index is 1.32. The van der Waals surface area contributed by atoms with Crippen molar-refractivity contribution < 1.29 is 13.5 Å². The van der Waals surface area contributed by atoms with Gasteiger partial charge in [0, 0.05) is 48.3 Å². The monoisotopic (exact) mass is 427 g/mol. The summed E-state index contributed by atoms with van der Waals surface area (Å²) in [6, 6.07) is 17.0. The maximum atomic E-state index is 11.3. The molecule has 5 rings (SSSR count). The predicted octanol–water partition coefficient (Wildman–Crippen LogP) is 2.67. The van der Waals surface area contributed by atoms with Gasteiger partial charge in [0.15, 0.2) is 0 Å². The van der Waals surface area contributed by atoms with E-state index in [1.54, 1.807) is 0 Å². The van der Waals surface area contributed by atoms with Crippen molar-refractivity contribution in [1.82, 2.24) is 4.72 Å². The van der Waals surface area contributed by atoms with Crippen LogP contribution in [0.2, 0.25) is 0 Å². The molecule has 30 heavy (non-hydrogen) atoms. The Kier molecular flexibility index (Phi) is 5.54. The van der Waals surface area contributed by atoms with E-state index in [0.29, 0.717) is 18.4 Å². The minimum absolute atomic E-state index is 0.0277. The molecular formula is C23H29N3O3S. The maximum Gasteiger partial charge on any atom is 0.231 e. The zero-order chi connectivity index (χ0) is 20.7. The summed E-state index contributed by atoms with van der Waals surface area (Å²) in [6.45, 7) is 2.35. The second-order valence-corrected chi connectivity index (χ2v) is 9.62. The van der Waals surface area contributed by atoms with Crippen LogP contribution in [0, 0.1) is 11.8 Å². The highest BCUT2D eigenvalue weighted by Crippen LogP contribution is 2.42. The van der Waals surface area contributed by atoms with Crippen LogP contribution in [0.25, 0.3) is 0 Å². The third kappa shape index (κ3) is 4.12. The number of nitrogens with one attached hydrogen (secondary N) is 1. The molecule has 1 aliphatic carbocycles. The van der Waals surface area contributed by atoms with Crippen molar-refractivity contribution in [2.45, 2.75) is 37.3 Å². The van der Waals surface area contributed by atoms with Gasteiger partial charge in [-0.2, -0.15) is 0 Å². The number of rotatable bonds is 7. The van der Waals surface area contributed by atoms with E-state index in [1.807, 2.05) is 6.07 Å². The van der Waals surface area contributed by atoms with E-state index in [9.17, 15) is 8.76 Å². The van der Waals surface area contributed by atoms with Gasteiger partial charge in [0.25, 0.3) is 0 Å². The lowest BCUT2D eigenvalue weighted by Gasteiger charge is -2.45. The van der Waals surface area contributed by atoms with Crippen molar-refractivity contribution in [3.05, 3.63) is 59.7 Å². The Morgan fingerprint density at radius 1 is 1.17 bits per heavy atom. The lowest BCUT2D eigenvalue weighted by Crippen LogP contribution is -2.57. The molecule has 1 saturated heterocycles. The van der Waals surface area contributed by atoms with Gasteiger partial charge in [-0.15, -0.1) is 0 Å². The van der Waals surface area contributed by atoms with Crippen LogP contribution in [0.1, 0.15) is 29.9 Å². The van der Waals surface area contributed by atoms with Crippen LogP contribution in [0.3, 0.4) is 0 Å². The molecule has 4 N–H and O–H groups in total. The number of hydrogen-bond donors (Lipinski definition) is 3. The van der Waals surface area contributed by atoms with E-state index < -0.39 is 11.3 Å². The average Bonchev–Trinajstić information content (AvgIpc) is 3.54. The first-order valence-electron chi connectivity index (χ1n) is 10.8. The van der Waals surface area contributed by atoms with Crippen LogP contribution in [0.15, 0.2) is 48.5 Å². The molecule has 160 valence electrons. The smallest absolute Gasteiger partial charge is 0.231 e. The summed E-state index contributed by atoms with van der Waals surface area (Å²) < 4.78 is 29.3. The number of benzene rings is 2. The molecule has 0 amide bonds. The zero-order valence-electron chi connectivity index (χ0n) is 16.9. The van der Waals surface area contributed by atoms with Crippen LogP contribution in [-0.4, -0.2) is 40.5 Å². The molecule has 7 heteroatoms. The molecule has 2 aromatic carbocycles. The fourth-order valence-corrected chi connectivity index (χ4v) is 5.53. The number of hydrogen-bond acceptors (Lipinski definition) is 4. The summed E-state index contributed by atoms with van der Waals surface area (Å²) >= 11 is -1.95. The SMILES string of the molecule is NC1COc2ccc(N3CC(C(NS(=O)O)C4CC4)C3)cc2C1Cc1ccccc1. The molecule has 2 fully saturated rings. The van der Waals surface area contributed by atoms with E-state index in [-0.39, 0.29) is 18.0 Å². The van der Waals surface area contributed by atoms with Crippen LogP contribution < -0.4 is 20.1 Å². The molecule has 0 spiro atoms. The first kappa shape index (κ1) is 20.0. The third-order valence-corrected chi connectivity index (χ3v) is 7.26. The molecule has 1 saturated carbocycles. The zero-order valence-corrected chi connectivity index (χ0v) is 17.8. The van der Waals surface area contributed by atoms with E-state index in [4.69, 9.17) is 10.5 Å². The Labute approximate surface area is 180 Å². The highest BCUT2D eigenvalue weighted by Gasteiger charge is 2.43. The van der Waals surface area contributed by atoms with Gasteiger partial charge in [-0.1, -0.05) is 30.3 Å². The van der Waals surface area contributed by atoms with E-state index in [0.717, 1.165) is 38.1 Å². The normalized spacial score (nSPS) is 25.7. The van der Waals surface area contributed by atoms with Crippen molar-refractivity contribution >= 4 is 17.0 Å². The number of fused-ring (bicyclic) bond motifs is 1. The Morgan fingerprint density at radius 2 is 1.93 bits per heavy atom. The van der Waals surface area contributed by atoms with Crippen molar-refractivity contribution in [2.75, 3.05) is 24.6 Å². The van der Waals surface area contributed by atoms with Crippen molar-refractivity contribution in [1.29, 1.82) is 0 Å². The maximum absolute atomic E-state index is 11.3. The van der Waals surface area contributed by atoms with Crippen LogP contribution in [-0.2, 0) is 17.7 Å². The molecule has 2 heterocycles. The molecule has 2 aromatic rings. The van der Waals surface area contributed by atoms with Gasteiger partial charge < -0.3 is 15.4 Å². The summed E-state index contributed by atoms with van der Waals surface area (Å²) in [6.07, 6.45) is 3.21. The standard InChI is InChI=1S/C23H29N3O3S/c24-21-14-29-22-9-8-18(11-20(22)19(21)10-15-4-2-1-3-5-15)26-12-17(13-26)23(16-6-7-16)25-30(27)28/h1-5,8-9,11,16-17,19,21,23,25H,6-7,10,12-14,24H2,(H,27,28). The van der Waals surface area contributed by atoms with E-state index in [2.05, 4.69) is 52.1 Å². The summed E-state index contributed by atoms with van der Waals surface area (Å²) in [5.41, 5.74) is 10.1.